The Morgan fingerprint density at radius 1 is 1.05 bits per heavy atom. The third-order valence-electron chi connectivity index (χ3n) is 2.61. The largest absolute Gasteiger partial charge is 0.379 e. The molecule has 22 heavy (non-hydrogen) atoms. The van der Waals surface area contributed by atoms with Gasteiger partial charge in [-0.3, -0.25) is 4.79 Å². The summed E-state index contributed by atoms with van der Waals surface area (Å²) >= 11 is 0. The summed E-state index contributed by atoms with van der Waals surface area (Å²) in [6.45, 7) is 1.39. The molecule has 0 atom stereocenters. The molecule has 114 valence electrons. The van der Waals surface area contributed by atoms with E-state index in [4.69, 9.17) is 4.18 Å². The lowest BCUT2D eigenvalue weighted by Gasteiger charge is -2.05. The maximum atomic E-state index is 11.9. The fourth-order valence-electron chi connectivity index (χ4n) is 1.69. The fourth-order valence-corrected chi connectivity index (χ4v) is 2.44. The van der Waals surface area contributed by atoms with Crippen molar-refractivity contribution in [1.29, 1.82) is 0 Å². The minimum atomic E-state index is -3.84. The highest BCUT2D eigenvalue weighted by Crippen LogP contribution is 2.18. The number of amides is 1. The zero-order valence-electron chi connectivity index (χ0n) is 11.9. The molecular formula is C16H15NO4S. The van der Waals surface area contributed by atoms with E-state index in [2.05, 4.69) is 5.32 Å². The van der Waals surface area contributed by atoms with Crippen molar-refractivity contribution in [2.45, 2.75) is 6.92 Å². The first kappa shape index (κ1) is 15.8. The molecule has 0 saturated carbocycles. The summed E-state index contributed by atoms with van der Waals surface area (Å²) in [6.07, 6.45) is 1.46. The van der Waals surface area contributed by atoms with Gasteiger partial charge in [0.1, 0.15) is 5.75 Å². The second-order valence-electron chi connectivity index (χ2n) is 4.50. The maximum Gasteiger partial charge on any atom is 0.332 e. The molecule has 0 spiro atoms. The Hall–Kier alpha value is -2.60. The molecule has 0 aromatic heterocycles. The summed E-state index contributed by atoms with van der Waals surface area (Å²) in [7, 11) is -3.84. The standard InChI is InChI=1S/C16H15NO4S/c1-13(18)17-15-7-9-16(10-8-15)21-22(19,20)12-11-14-5-3-2-4-6-14/h2-12H,1H3,(H,17,18)/b12-11+. The molecule has 1 N–H and O–H groups in total. The van der Waals surface area contributed by atoms with Crippen molar-refractivity contribution in [1.82, 2.24) is 0 Å². The van der Waals surface area contributed by atoms with E-state index < -0.39 is 10.1 Å². The molecule has 0 aliphatic rings. The number of nitrogens with one attached hydrogen (secondary N) is 1. The Kier molecular flexibility index (Phi) is 4.95. The lowest BCUT2D eigenvalue weighted by molar-refractivity contribution is -0.114. The Balaban J connectivity index is 2.05. The molecule has 0 unspecified atom stereocenters. The van der Waals surface area contributed by atoms with Gasteiger partial charge >= 0.3 is 10.1 Å². The van der Waals surface area contributed by atoms with Gasteiger partial charge < -0.3 is 9.50 Å². The number of benzene rings is 2. The monoisotopic (exact) mass is 317 g/mol. The lowest BCUT2D eigenvalue weighted by Crippen LogP contribution is -2.07. The Labute approximate surface area is 129 Å². The zero-order chi connectivity index (χ0) is 16.0. The minimum absolute atomic E-state index is 0.173. The summed E-state index contributed by atoms with van der Waals surface area (Å²) in [5.74, 6) is -0.0288. The molecule has 5 nitrogen and oxygen atoms in total. The molecule has 0 aliphatic heterocycles. The van der Waals surface area contributed by atoms with Crippen LogP contribution < -0.4 is 9.50 Å². The first-order chi connectivity index (χ1) is 10.4. The van der Waals surface area contributed by atoms with Crippen molar-refractivity contribution in [2.75, 3.05) is 5.32 Å². The van der Waals surface area contributed by atoms with Gasteiger partial charge in [0, 0.05) is 12.6 Å². The number of carbonyl (C=O) groups is 1. The van der Waals surface area contributed by atoms with Crippen molar-refractivity contribution in [3.8, 4) is 5.75 Å². The molecule has 0 heterocycles. The molecule has 0 bridgehead atoms. The van der Waals surface area contributed by atoms with E-state index in [0.29, 0.717) is 5.69 Å². The van der Waals surface area contributed by atoms with E-state index in [1.807, 2.05) is 18.2 Å². The van der Waals surface area contributed by atoms with Gasteiger partial charge in [-0.2, -0.15) is 8.42 Å². The molecule has 0 fully saturated rings. The summed E-state index contributed by atoms with van der Waals surface area (Å²) in [5.41, 5.74) is 1.33. The summed E-state index contributed by atoms with van der Waals surface area (Å²) in [4.78, 5) is 10.9. The van der Waals surface area contributed by atoms with Crippen molar-refractivity contribution < 1.29 is 17.4 Å². The number of carbonyl (C=O) groups excluding carboxylic acids is 1. The van der Waals surface area contributed by atoms with Crippen molar-refractivity contribution in [2.24, 2.45) is 0 Å². The van der Waals surface area contributed by atoms with Crippen LogP contribution >= 0.6 is 0 Å². The van der Waals surface area contributed by atoms with Gasteiger partial charge in [-0.05, 0) is 35.9 Å². The quantitative estimate of drug-likeness (QED) is 0.860. The van der Waals surface area contributed by atoms with Crippen LogP contribution in [0.1, 0.15) is 12.5 Å². The molecule has 2 rings (SSSR count). The third-order valence-corrected chi connectivity index (χ3v) is 3.51. The van der Waals surface area contributed by atoms with Crippen LogP contribution in [-0.2, 0) is 14.9 Å². The van der Waals surface area contributed by atoms with E-state index in [1.54, 1.807) is 24.3 Å². The number of hydrogen-bond acceptors (Lipinski definition) is 4. The number of hydrogen-bond donors (Lipinski definition) is 1. The maximum absolute atomic E-state index is 11.9. The summed E-state index contributed by atoms with van der Waals surface area (Å²) in [6, 6.07) is 15.1. The van der Waals surface area contributed by atoms with Crippen LogP contribution in [0, 0.1) is 0 Å². The topological polar surface area (TPSA) is 72.5 Å². The van der Waals surface area contributed by atoms with Gasteiger partial charge in [-0.25, -0.2) is 0 Å². The Morgan fingerprint density at radius 2 is 1.68 bits per heavy atom. The van der Waals surface area contributed by atoms with Gasteiger partial charge in [0.15, 0.2) is 0 Å². The molecule has 0 radical (unpaired) electrons. The van der Waals surface area contributed by atoms with Crippen molar-refractivity contribution in [3.63, 3.8) is 0 Å². The summed E-state index contributed by atoms with van der Waals surface area (Å²) < 4.78 is 28.7. The van der Waals surface area contributed by atoms with Crippen LogP contribution in [0.4, 0.5) is 5.69 Å². The number of rotatable bonds is 5. The second-order valence-corrected chi connectivity index (χ2v) is 5.92. The van der Waals surface area contributed by atoms with Gasteiger partial charge in [0.25, 0.3) is 0 Å². The number of anilines is 1. The van der Waals surface area contributed by atoms with Crippen LogP contribution in [-0.4, -0.2) is 14.3 Å². The average molecular weight is 317 g/mol. The van der Waals surface area contributed by atoms with E-state index in [9.17, 15) is 13.2 Å². The zero-order valence-corrected chi connectivity index (χ0v) is 12.7. The van der Waals surface area contributed by atoms with E-state index in [0.717, 1.165) is 11.0 Å². The molecule has 6 heteroatoms. The molecule has 2 aromatic rings. The van der Waals surface area contributed by atoms with E-state index in [-0.39, 0.29) is 11.7 Å². The van der Waals surface area contributed by atoms with Crippen molar-refractivity contribution >= 4 is 27.8 Å². The summed E-state index contributed by atoms with van der Waals surface area (Å²) in [5, 5.41) is 3.59. The lowest BCUT2D eigenvalue weighted by atomic mass is 10.2. The first-order valence-corrected chi connectivity index (χ1v) is 7.97. The van der Waals surface area contributed by atoms with Crippen LogP contribution in [0.25, 0.3) is 6.08 Å². The van der Waals surface area contributed by atoms with Gasteiger partial charge in [-0.15, -0.1) is 0 Å². The van der Waals surface area contributed by atoms with Crippen LogP contribution in [0.15, 0.2) is 60.0 Å². The molecule has 2 aromatic carbocycles. The minimum Gasteiger partial charge on any atom is -0.379 e. The SMILES string of the molecule is CC(=O)Nc1ccc(OS(=O)(=O)/C=C/c2ccccc2)cc1. The third kappa shape index (κ3) is 5.06. The van der Waals surface area contributed by atoms with Gasteiger partial charge in [-0.1, -0.05) is 30.3 Å². The predicted octanol–water partition coefficient (Wildman–Crippen LogP) is 3.02. The highest BCUT2D eigenvalue weighted by Gasteiger charge is 2.08. The van der Waals surface area contributed by atoms with Crippen LogP contribution in [0.2, 0.25) is 0 Å². The molecule has 1 amide bonds. The first-order valence-electron chi connectivity index (χ1n) is 6.50. The van der Waals surface area contributed by atoms with Crippen LogP contribution in [0.3, 0.4) is 0 Å². The Bertz CT molecular complexity index is 766. The normalized spacial score (nSPS) is 11.3. The van der Waals surface area contributed by atoms with Gasteiger partial charge in [0.2, 0.25) is 5.91 Å². The molecule has 0 saturated heterocycles. The Morgan fingerprint density at radius 3 is 2.27 bits per heavy atom. The average Bonchev–Trinajstić information content (AvgIpc) is 2.48. The predicted molar refractivity (Wildman–Crippen MR) is 85.8 cm³/mol. The van der Waals surface area contributed by atoms with Crippen LogP contribution in [0.5, 0.6) is 5.75 Å². The van der Waals surface area contributed by atoms with E-state index in [1.165, 1.54) is 25.1 Å². The van der Waals surface area contributed by atoms with Gasteiger partial charge in [0.05, 0.1) is 5.41 Å². The highest BCUT2D eigenvalue weighted by molar-refractivity contribution is 7.90. The molecule has 0 aliphatic carbocycles. The fraction of sp³-hybridized carbons (Fsp3) is 0.0625. The van der Waals surface area contributed by atoms with Crippen molar-refractivity contribution in [3.05, 3.63) is 65.6 Å². The second kappa shape index (κ2) is 6.91. The molecular weight excluding hydrogens is 302 g/mol. The highest BCUT2D eigenvalue weighted by atomic mass is 32.2. The van der Waals surface area contributed by atoms with E-state index >= 15 is 0 Å². The smallest absolute Gasteiger partial charge is 0.332 e.